The maximum absolute atomic E-state index is 12.6. The van der Waals surface area contributed by atoms with E-state index in [0.717, 1.165) is 44.2 Å². The second-order valence-electron chi connectivity index (χ2n) is 8.34. The zero-order chi connectivity index (χ0) is 19.5. The van der Waals surface area contributed by atoms with Gasteiger partial charge in [0.2, 0.25) is 10.0 Å². The molecule has 29 heavy (non-hydrogen) atoms. The Morgan fingerprint density at radius 1 is 1.07 bits per heavy atom. The van der Waals surface area contributed by atoms with Crippen molar-refractivity contribution in [2.75, 3.05) is 29.9 Å². The molecule has 2 aliphatic carbocycles. The van der Waals surface area contributed by atoms with Crippen LogP contribution in [0.15, 0.2) is 6.07 Å². The smallest absolute Gasteiger partial charge is 0.332 e. The summed E-state index contributed by atoms with van der Waals surface area (Å²) in [5.41, 5.74) is 5.81. The van der Waals surface area contributed by atoms with Crippen molar-refractivity contribution in [1.82, 2.24) is 9.62 Å². The molecular weight excluding hydrogens is 437 g/mol. The van der Waals surface area contributed by atoms with Gasteiger partial charge in [-0.2, -0.15) is 0 Å². The summed E-state index contributed by atoms with van der Waals surface area (Å²) in [6, 6.07) is 1.86. The fourth-order valence-corrected chi connectivity index (χ4v) is 7.31. The van der Waals surface area contributed by atoms with E-state index in [1.165, 1.54) is 22.3 Å². The Bertz CT molecular complexity index is 896. The molecule has 2 heterocycles. The largest absolute Gasteiger partial charge is 0.616 e. The Balaban J connectivity index is 0.00000205. The Labute approximate surface area is 217 Å². The first-order valence-electron chi connectivity index (χ1n) is 9.99. The number of carbonyl (C=O) groups is 1. The number of carbonyl (C=O) groups excluding carboxylic acids is 1. The van der Waals surface area contributed by atoms with Crippen LogP contribution in [0.25, 0.3) is 0 Å². The molecule has 7 nitrogen and oxygen atoms in total. The molecule has 0 saturated carbocycles. The second-order valence-corrected chi connectivity index (χ2v) is 11.8. The molecule has 2 aliphatic heterocycles. The van der Waals surface area contributed by atoms with Gasteiger partial charge in [-0.1, -0.05) is 17.2 Å². The van der Waals surface area contributed by atoms with Gasteiger partial charge in [0.1, 0.15) is 16.8 Å². The van der Waals surface area contributed by atoms with Crippen molar-refractivity contribution in [3.8, 4) is 0 Å². The molecule has 0 aromatic heterocycles. The Morgan fingerprint density at radius 3 is 2.21 bits per heavy atom. The minimum Gasteiger partial charge on any atom is -0.616 e. The van der Waals surface area contributed by atoms with Gasteiger partial charge in [0.15, 0.2) is 0 Å². The van der Waals surface area contributed by atoms with Gasteiger partial charge >= 0.3 is 6.03 Å². The van der Waals surface area contributed by atoms with Crippen LogP contribution in [0, 0.1) is 0 Å². The molecule has 2 saturated heterocycles. The molecule has 0 unspecified atom stereocenters. The van der Waals surface area contributed by atoms with Gasteiger partial charge in [-0.25, -0.2) is 17.9 Å². The summed E-state index contributed by atoms with van der Waals surface area (Å²) < 4.78 is 38.6. The number of amides is 2. The number of anilines is 1. The molecule has 2 fully saturated rings. The van der Waals surface area contributed by atoms with Crippen LogP contribution >= 0.6 is 0 Å². The van der Waals surface area contributed by atoms with Gasteiger partial charge in [-0.3, -0.25) is 4.90 Å². The topological polar surface area (TPSA) is 102 Å². The van der Waals surface area contributed by atoms with Gasteiger partial charge in [0, 0.05) is 70.2 Å². The Hall–Kier alpha value is 0.346. The first-order chi connectivity index (χ1) is 13.4. The summed E-state index contributed by atoms with van der Waals surface area (Å²) in [5.74, 6) is 1.26. The minimum absolute atomic E-state index is 0. The fourth-order valence-electron chi connectivity index (χ4n) is 4.87. The number of benzene rings is 1. The number of hydrogen-bond acceptors (Lipinski definition) is 5. The predicted molar refractivity (Wildman–Crippen MR) is 114 cm³/mol. The van der Waals surface area contributed by atoms with Crippen molar-refractivity contribution < 1.29 is 17.8 Å². The number of rotatable bonds is 4. The number of hydrogen-bond donors (Lipinski definition) is 2. The van der Waals surface area contributed by atoms with Crippen molar-refractivity contribution in [2.24, 2.45) is 0 Å². The molecule has 0 atom stereocenters. The summed E-state index contributed by atoms with van der Waals surface area (Å²) in [4.78, 5) is 14.6. The van der Waals surface area contributed by atoms with Gasteiger partial charge in [0.25, 0.3) is 0 Å². The molecule has 2 N–H and O–H groups in total. The van der Waals surface area contributed by atoms with E-state index in [1.54, 1.807) is 0 Å². The molecule has 1 aromatic rings. The summed E-state index contributed by atoms with van der Waals surface area (Å²) in [6.07, 6.45) is 6.09. The molecule has 2 amide bonds. The van der Waals surface area contributed by atoms with E-state index in [2.05, 4.69) is 16.1 Å². The molecule has 153 valence electrons. The van der Waals surface area contributed by atoms with E-state index in [9.17, 15) is 17.8 Å². The average Bonchev–Trinajstić information content (AvgIpc) is 3.19. The van der Waals surface area contributed by atoms with E-state index in [0.29, 0.717) is 24.6 Å². The first kappa shape index (κ1) is 22.5. The number of urea groups is 1. The fraction of sp³-hybridized carbons (Fsp3) is 0.632. The summed E-state index contributed by atoms with van der Waals surface area (Å²) in [6.45, 7) is 0.807. The standard InChI is InChI=1S/C19H25N3O4S2.K/c23-19(21-28(25,26)15-8-22(9-15)14-10-27(24)11-14)20-18-16-5-1-3-12(16)7-13-4-2-6-17(13)18;/h7,14-15H,1-6,8-11H2,(H2,20,21,23);. The molecule has 1 radical (unpaired) electrons. The van der Waals surface area contributed by atoms with Gasteiger partial charge in [-0.05, 0) is 60.8 Å². The SMILES string of the molecule is O=C(Nc1c2c(cc3c1CCC3)CCC2)NS(=O)(=O)C1CN(C2C[S+]([O-])C2)C1.[K]. The minimum atomic E-state index is -3.71. The van der Waals surface area contributed by atoms with Crippen molar-refractivity contribution in [1.29, 1.82) is 0 Å². The third-order valence-corrected chi connectivity index (χ3v) is 9.69. The Morgan fingerprint density at radius 2 is 1.66 bits per heavy atom. The maximum atomic E-state index is 12.6. The van der Waals surface area contributed by atoms with E-state index in [-0.39, 0.29) is 57.4 Å². The number of nitrogens with one attached hydrogen (secondary N) is 2. The number of likely N-dealkylation sites (tertiary alicyclic amines) is 1. The van der Waals surface area contributed by atoms with Gasteiger partial charge in [0.05, 0.1) is 6.04 Å². The van der Waals surface area contributed by atoms with Crippen LogP contribution in [0.3, 0.4) is 0 Å². The third-order valence-electron chi connectivity index (χ3n) is 6.53. The van der Waals surface area contributed by atoms with E-state index in [4.69, 9.17) is 0 Å². The zero-order valence-corrected chi connectivity index (χ0v) is 21.5. The number of aryl methyl sites for hydroxylation is 2. The van der Waals surface area contributed by atoms with Crippen LogP contribution in [-0.2, 0) is 46.9 Å². The van der Waals surface area contributed by atoms with Gasteiger partial charge < -0.3 is 9.87 Å². The quantitative estimate of drug-likeness (QED) is 0.503. The van der Waals surface area contributed by atoms with E-state index in [1.807, 2.05) is 4.90 Å². The number of fused-ring (bicyclic) bond motifs is 2. The summed E-state index contributed by atoms with van der Waals surface area (Å²) in [5, 5.41) is 2.30. The normalized spacial score (nSPS) is 26.0. The Kier molecular flexibility index (Phi) is 6.77. The number of sulfonamides is 1. The molecular formula is C19H25KN3O4S2. The van der Waals surface area contributed by atoms with Gasteiger partial charge in [-0.15, -0.1) is 0 Å². The van der Waals surface area contributed by atoms with E-state index >= 15 is 0 Å². The monoisotopic (exact) mass is 462 g/mol. The van der Waals surface area contributed by atoms with Crippen molar-refractivity contribution >= 4 is 84.3 Å². The molecule has 0 spiro atoms. The second kappa shape index (κ2) is 8.71. The zero-order valence-electron chi connectivity index (χ0n) is 16.7. The molecule has 10 heteroatoms. The predicted octanol–water partition coefficient (Wildman–Crippen LogP) is 0.550. The molecule has 4 aliphatic rings. The van der Waals surface area contributed by atoms with Crippen molar-refractivity contribution in [3.05, 3.63) is 28.3 Å². The van der Waals surface area contributed by atoms with Crippen LogP contribution in [0.5, 0.6) is 0 Å². The third kappa shape index (κ3) is 4.34. The number of nitrogens with zero attached hydrogens (tertiary/aromatic N) is 1. The summed E-state index contributed by atoms with van der Waals surface area (Å²) in [7, 11) is -3.71. The van der Waals surface area contributed by atoms with Crippen LogP contribution in [0.1, 0.15) is 35.1 Å². The first-order valence-corrected chi connectivity index (χ1v) is 13.0. The van der Waals surface area contributed by atoms with E-state index < -0.39 is 32.5 Å². The van der Waals surface area contributed by atoms with Crippen molar-refractivity contribution in [3.63, 3.8) is 0 Å². The summed E-state index contributed by atoms with van der Waals surface area (Å²) >= 11 is -0.746. The molecule has 5 rings (SSSR count). The van der Waals surface area contributed by atoms with Crippen LogP contribution < -0.4 is 10.0 Å². The van der Waals surface area contributed by atoms with Crippen LogP contribution in [-0.4, -0.2) is 111 Å². The maximum Gasteiger partial charge on any atom is 0.332 e. The van der Waals surface area contributed by atoms with Crippen LogP contribution in [0.2, 0.25) is 0 Å². The molecule has 0 bridgehead atoms. The van der Waals surface area contributed by atoms with Crippen LogP contribution in [0.4, 0.5) is 10.5 Å². The molecule has 1 aromatic carbocycles. The van der Waals surface area contributed by atoms with Crippen molar-refractivity contribution in [2.45, 2.75) is 49.8 Å². The average molecular weight is 463 g/mol.